The maximum absolute atomic E-state index is 13.0. The number of likely N-dealkylation sites (tertiary alicyclic amines) is 1. The largest absolute Gasteiger partial charge is 0.496 e. The van der Waals surface area contributed by atoms with Gasteiger partial charge in [0.1, 0.15) is 11.5 Å². The molecule has 0 aromatic heterocycles. The molecule has 172 valence electrons. The van der Waals surface area contributed by atoms with E-state index in [1.807, 2.05) is 36.4 Å². The first-order valence-corrected chi connectivity index (χ1v) is 11.3. The molecule has 0 saturated carbocycles. The average molecular weight is 467 g/mol. The Morgan fingerprint density at radius 3 is 2.42 bits per heavy atom. The summed E-state index contributed by atoms with van der Waals surface area (Å²) in [5.41, 5.74) is 1.40. The highest BCUT2D eigenvalue weighted by Gasteiger charge is 2.29. The first kappa shape index (κ1) is 22.9. The van der Waals surface area contributed by atoms with Crippen LogP contribution in [0.4, 0.5) is 0 Å². The fraction of sp³-hybridized carbons (Fsp3) is 0.308. The predicted octanol–water partition coefficient (Wildman–Crippen LogP) is 4.68. The maximum atomic E-state index is 13.0. The number of hydrogen-bond acceptors (Lipinski definition) is 4. The Labute approximate surface area is 198 Å². The van der Waals surface area contributed by atoms with Crippen LogP contribution in [0.2, 0.25) is 5.02 Å². The summed E-state index contributed by atoms with van der Waals surface area (Å²) in [5.74, 6) is 0.973. The smallest absolute Gasteiger partial charge is 0.257 e. The number of ether oxygens (including phenoxy) is 2. The fourth-order valence-electron chi connectivity index (χ4n) is 4.37. The van der Waals surface area contributed by atoms with E-state index in [1.165, 1.54) is 7.11 Å². The second-order valence-corrected chi connectivity index (χ2v) is 8.53. The summed E-state index contributed by atoms with van der Waals surface area (Å²) in [6.45, 7) is 1.40. The number of halogens is 1. The van der Waals surface area contributed by atoms with E-state index in [-0.39, 0.29) is 17.7 Å². The first-order chi connectivity index (χ1) is 16.0. The molecule has 1 heterocycles. The third kappa shape index (κ3) is 4.91. The van der Waals surface area contributed by atoms with Gasteiger partial charge in [-0.15, -0.1) is 0 Å². The molecule has 4 rings (SSSR count). The lowest BCUT2D eigenvalue weighted by Crippen LogP contribution is -2.43. The van der Waals surface area contributed by atoms with Gasteiger partial charge < -0.3 is 19.7 Å². The van der Waals surface area contributed by atoms with Crippen LogP contribution >= 0.6 is 11.6 Å². The highest BCUT2D eigenvalue weighted by molar-refractivity contribution is 6.31. The zero-order chi connectivity index (χ0) is 23.4. The number of fused-ring (bicyclic) bond motifs is 1. The Morgan fingerprint density at radius 2 is 1.70 bits per heavy atom. The Morgan fingerprint density at radius 1 is 1.00 bits per heavy atom. The summed E-state index contributed by atoms with van der Waals surface area (Å²) in [6.07, 6.45) is 1.21. The van der Waals surface area contributed by atoms with Crippen LogP contribution in [0, 0.1) is 5.92 Å². The van der Waals surface area contributed by atoms with Crippen LogP contribution in [-0.4, -0.2) is 44.0 Å². The molecule has 1 N–H and O–H groups in total. The van der Waals surface area contributed by atoms with Crippen molar-refractivity contribution in [1.82, 2.24) is 10.2 Å². The number of hydrogen-bond donors (Lipinski definition) is 1. The molecule has 1 saturated heterocycles. The van der Waals surface area contributed by atoms with Gasteiger partial charge in [0.2, 0.25) is 5.91 Å². The van der Waals surface area contributed by atoms with E-state index in [0.29, 0.717) is 48.8 Å². The normalized spacial score (nSPS) is 14.2. The van der Waals surface area contributed by atoms with E-state index in [2.05, 4.69) is 5.32 Å². The third-order valence-electron chi connectivity index (χ3n) is 6.20. The Kier molecular flexibility index (Phi) is 7.04. The molecular formula is C26H27ClN2O4. The van der Waals surface area contributed by atoms with Gasteiger partial charge in [0, 0.05) is 36.1 Å². The number of piperidine rings is 1. The van der Waals surface area contributed by atoms with Crippen molar-refractivity contribution in [2.24, 2.45) is 5.92 Å². The summed E-state index contributed by atoms with van der Waals surface area (Å²) in [5, 5.41) is 5.73. The predicted molar refractivity (Wildman–Crippen MR) is 129 cm³/mol. The van der Waals surface area contributed by atoms with E-state index in [4.69, 9.17) is 21.1 Å². The molecule has 0 unspecified atom stereocenters. The summed E-state index contributed by atoms with van der Waals surface area (Å²) < 4.78 is 10.8. The molecular weight excluding hydrogens is 440 g/mol. The van der Waals surface area contributed by atoms with Crippen LogP contribution in [-0.2, 0) is 11.3 Å². The summed E-state index contributed by atoms with van der Waals surface area (Å²) in [4.78, 5) is 27.6. The van der Waals surface area contributed by atoms with Crippen molar-refractivity contribution in [3.8, 4) is 11.5 Å². The second-order valence-electron chi connectivity index (χ2n) is 8.10. The van der Waals surface area contributed by atoms with Crippen molar-refractivity contribution in [2.75, 3.05) is 27.3 Å². The van der Waals surface area contributed by atoms with Gasteiger partial charge in [0.05, 0.1) is 19.8 Å². The molecule has 0 spiro atoms. The van der Waals surface area contributed by atoms with Crippen LogP contribution in [0.3, 0.4) is 0 Å². The molecule has 0 atom stereocenters. The number of rotatable bonds is 6. The number of carbonyl (C=O) groups is 2. The Balaban J connectivity index is 1.38. The quantitative estimate of drug-likeness (QED) is 0.572. The maximum Gasteiger partial charge on any atom is 0.257 e. The SMILES string of the molecule is COc1ccc(Cl)cc1C(=O)N1CCC(C(=O)NCc2c(OC)ccc3ccccc23)CC1. The fourth-order valence-corrected chi connectivity index (χ4v) is 4.54. The highest BCUT2D eigenvalue weighted by atomic mass is 35.5. The standard InChI is InChI=1S/C26H27ClN2O4/c1-32-23-10-8-19(27)15-21(23)26(31)29-13-11-18(12-14-29)25(30)28-16-22-20-6-4-3-5-17(20)7-9-24(22)33-2/h3-10,15,18H,11-14,16H2,1-2H3,(H,28,30). The Bertz CT molecular complexity index is 1170. The number of carbonyl (C=O) groups excluding carboxylic acids is 2. The van der Waals surface area contributed by atoms with Gasteiger partial charge in [-0.05, 0) is 47.9 Å². The van der Waals surface area contributed by atoms with Crippen LogP contribution in [0.15, 0.2) is 54.6 Å². The van der Waals surface area contributed by atoms with Crippen LogP contribution in [0.25, 0.3) is 10.8 Å². The van der Waals surface area contributed by atoms with Crippen molar-refractivity contribution in [3.63, 3.8) is 0 Å². The van der Waals surface area contributed by atoms with E-state index in [0.717, 1.165) is 22.1 Å². The zero-order valence-corrected chi connectivity index (χ0v) is 19.5. The number of benzene rings is 3. The van der Waals surface area contributed by atoms with E-state index < -0.39 is 0 Å². The molecule has 0 aliphatic carbocycles. The monoisotopic (exact) mass is 466 g/mol. The molecule has 2 amide bonds. The summed E-state index contributed by atoms with van der Waals surface area (Å²) >= 11 is 6.08. The van der Waals surface area contributed by atoms with Gasteiger partial charge in [0.15, 0.2) is 0 Å². The topological polar surface area (TPSA) is 67.9 Å². The van der Waals surface area contributed by atoms with Crippen molar-refractivity contribution in [1.29, 1.82) is 0 Å². The van der Waals surface area contributed by atoms with E-state index in [9.17, 15) is 9.59 Å². The molecule has 1 aliphatic heterocycles. The lowest BCUT2D eigenvalue weighted by molar-refractivity contribution is -0.126. The molecule has 1 aliphatic rings. The molecule has 3 aromatic rings. The molecule has 1 fully saturated rings. The van der Waals surface area contributed by atoms with E-state index >= 15 is 0 Å². The first-order valence-electron chi connectivity index (χ1n) is 11.0. The third-order valence-corrected chi connectivity index (χ3v) is 6.44. The molecule has 6 nitrogen and oxygen atoms in total. The highest BCUT2D eigenvalue weighted by Crippen LogP contribution is 2.29. The van der Waals surface area contributed by atoms with Gasteiger partial charge in [0.25, 0.3) is 5.91 Å². The Hall–Kier alpha value is -3.25. The number of amides is 2. The van der Waals surface area contributed by atoms with E-state index in [1.54, 1.807) is 30.2 Å². The number of nitrogens with one attached hydrogen (secondary N) is 1. The summed E-state index contributed by atoms with van der Waals surface area (Å²) in [6, 6.07) is 17.0. The molecule has 0 radical (unpaired) electrons. The van der Waals surface area contributed by atoms with Crippen molar-refractivity contribution >= 4 is 34.2 Å². The van der Waals surface area contributed by atoms with Crippen molar-refractivity contribution < 1.29 is 19.1 Å². The van der Waals surface area contributed by atoms with Gasteiger partial charge in [-0.2, -0.15) is 0 Å². The molecule has 0 bridgehead atoms. The minimum absolute atomic E-state index is 0.00239. The lowest BCUT2D eigenvalue weighted by Gasteiger charge is -2.31. The van der Waals surface area contributed by atoms with Gasteiger partial charge in [-0.25, -0.2) is 0 Å². The van der Waals surface area contributed by atoms with Crippen molar-refractivity contribution in [2.45, 2.75) is 19.4 Å². The molecule has 7 heteroatoms. The lowest BCUT2D eigenvalue weighted by atomic mass is 9.95. The van der Waals surface area contributed by atoms with Crippen LogP contribution in [0.1, 0.15) is 28.8 Å². The minimum atomic E-state index is -0.142. The summed E-state index contributed by atoms with van der Waals surface area (Å²) in [7, 11) is 3.17. The second kappa shape index (κ2) is 10.1. The minimum Gasteiger partial charge on any atom is -0.496 e. The van der Waals surface area contributed by atoms with Gasteiger partial charge >= 0.3 is 0 Å². The van der Waals surface area contributed by atoms with Crippen LogP contribution < -0.4 is 14.8 Å². The molecule has 33 heavy (non-hydrogen) atoms. The van der Waals surface area contributed by atoms with Gasteiger partial charge in [-0.3, -0.25) is 9.59 Å². The molecule has 3 aromatic carbocycles. The average Bonchev–Trinajstić information content (AvgIpc) is 2.86. The van der Waals surface area contributed by atoms with Crippen LogP contribution in [0.5, 0.6) is 11.5 Å². The number of nitrogens with zero attached hydrogens (tertiary/aromatic N) is 1. The van der Waals surface area contributed by atoms with Crippen molar-refractivity contribution in [3.05, 3.63) is 70.7 Å². The van der Waals surface area contributed by atoms with Gasteiger partial charge in [-0.1, -0.05) is 41.9 Å². The number of methoxy groups -OCH3 is 2. The zero-order valence-electron chi connectivity index (χ0n) is 18.8.